The zero-order valence-electron chi connectivity index (χ0n) is 6.13. The van der Waals surface area contributed by atoms with Crippen molar-refractivity contribution in [3.63, 3.8) is 0 Å². The molecular formula is C5H9FNaO3. The van der Waals surface area contributed by atoms with Crippen LogP contribution < -0.4 is 0 Å². The van der Waals surface area contributed by atoms with E-state index in [1.165, 1.54) is 0 Å². The van der Waals surface area contributed by atoms with Crippen molar-refractivity contribution in [2.24, 2.45) is 0 Å². The number of ether oxygens (including phenoxy) is 1. The predicted molar refractivity (Wildman–Crippen MR) is 34.4 cm³/mol. The van der Waals surface area contributed by atoms with Gasteiger partial charge in [0, 0.05) is 36.0 Å². The maximum absolute atomic E-state index is 11.4. The van der Waals surface area contributed by atoms with Crippen LogP contribution in [-0.2, 0) is 9.53 Å². The average Bonchev–Trinajstić information content (AvgIpc) is 1.87. The van der Waals surface area contributed by atoms with Gasteiger partial charge in [-0.3, -0.25) is 4.39 Å². The molecule has 0 saturated carbocycles. The van der Waals surface area contributed by atoms with Crippen LogP contribution in [0.2, 0.25) is 0 Å². The van der Waals surface area contributed by atoms with Crippen molar-refractivity contribution in [3.8, 4) is 0 Å². The molecule has 1 atom stereocenters. The smallest absolute Gasteiger partial charge is 0.334 e. The minimum Gasteiger partial charge on any atom is -0.467 e. The van der Waals surface area contributed by atoms with Crippen LogP contribution in [0, 0.1) is 0 Å². The van der Waals surface area contributed by atoms with E-state index in [-0.39, 0.29) is 36.0 Å². The Kier molecular flexibility index (Phi) is 9.70. The molecule has 0 rings (SSSR count). The molecule has 5 heteroatoms. The van der Waals surface area contributed by atoms with Crippen molar-refractivity contribution >= 4 is 35.5 Å². The summed E-state index contributed by atoms with van der Waals surface area (Å²) >= 11 is 0. The van der Waals surface area contributed by atoms with Crippen LogP contribution in [0.15, 0.2) is 0 Å². The van der Waals surface area contributed by atoms with Gasteiger partial charge in [0.1, 0.15) is 0 Å². The van der Waals surface area contributed by atoms with E-state index in [0.717, 1.165) is 7.11 Å². The monoisotopic (exact) mass is 159 g/mol. The Morgan fingerprint density at radius 1 is 1.80 bits per heavy atom. The van der Waals surface area contributed by atoms with Gasteiger partial charge in [-0.2, -0.15) is 0 Å². The number of halogens is 1. The van der Waals surface area contributed by atoms with E-state index in [1.54, 1.807) is 0 Å². The zero-order valence-corrected chi connectivity index (χ0v) is 8.13. The Bertz CT molecular complexity index is 98.9. The number of alkyl halides is 1. The molecule has 1 unspecified atom stereocenters. The number of rotatable bonds is 3. The summed E-state index contributed by atoms with van der Waals surface area (Å²) in [5, 5.41) is 8.60. The molecule has 0 spiro atoms. The number of carbonyl (C=O) groups is 1. The summed E-state index contributed by atoms with van der Waals surface area (Å²) in [5.41, 5.74) is 0. The summed E-state index contributed by atoms with van der Waals surface area (Å²) < 4.78 is 15.5. The second-order valence-corrected chi connectivity index (χ2v) is 1.52. The van der Waals surface area contributed by atoms with Gasteiger partial charge < -0.3 is 9.84 Å². The van der Waals surface area contributed by atoms with E-state index in [0.29, 0.717) is 0 Å². The third-order valence-corrected chi connectivity index (χ3v) is 0.856. The van der Waals surface area contributed by atoms with Gasteiger partial charge in [-0.25, -0.2) is 4.79 Å². The molecule has 1 N–H and O–H groups in total. The first-order valence-electron chi connectivity index (χ1n) is 2.54. The first-order valence-corrected chi connectivity index (χ1v) is 2.54. The largest absolute Gasteiger partial charge is 0.467 e. The number of esters is 1. The van der Waals surface area contributed by atoms with E-state index in [2.05, 4.69) is 4.74 Å². The molecule has 0 heterocycles. The van der Waals surface area contributed by atoms with Gasteiger partial charge in [-0.05, 0) is 0 Å². The summed E-state index contributed by atoms with van der Waals surface area (Å²) in [5.74, 6) is -0.785. The molecule has 1 radical (unpaired) electrons. The molecule has 0 bridgehead atoms. The fourth-order valence-corrected chi connectivity index (χ4v) is 0.357. The normalized spacial score (nSPS) is 11.5. The van der Waals surface area contributed by atoms with Gasteiger partial charge in [0.25, 0.3) is 0 Å². The number of hydrogen-bond donors (Lipinski definition) is 1. The van der Waals surface area contributed by atoms with Crippen LogP contribution in [0.1, 0.15) is 6.42 Å². The standard InChI is InChI=1S/C5H9FO3.Na/c1-9-5(8)4(7)2-3-6;/h4,7H,2-3H2,1H3;. The summed E-state index contributed by atoms with van der Waals surface area (Å²) in [4.78, 5) is 10.3. The van der Waals surface area contributed by atoms with Gasteiger partial charge >= 0.3 is 5.97 Å². The Morgan fingerprint density at radius 3 is 2.60 bits per heavy atom. The Hall–Kier alpha value is 0.360. The minimum absolute atomic E-state index is 0. The topological polar surface area (TPSA) is 46.5 Å². The molecular weight excluding hydrogens is 150 g/mol. The molecule has 0 aromatic heterocycles. The number of hydrogen-bond acceptors (Lipinski definition) is 3. The predicted octanol–water partition coefficient (Wildman–Crippen LogP) is -0.501. The third-order valence-electron chi connectivity index (χ3n) is 0.856. The second kappa shape index (κ2) is 7.47. The van der Waals surface area contributed by atoms with Crippen molar-refractivity contribution in [3.05, 3.63) is 0 Å². The van der Waals surface area contributed by atoms with Crippen molar-refractivity contribution in [1.29, 1.82) is 0 Å². The second-order valence-electron chi connectivity index (χ2n) is 1.52. The molecule has 0 aliphatic carbocycles. The van der Waals surface area contributed by atoms with Crippen molar-refractivity contribution in [2.75, 3.05) is 13.8 Å². The van der Waals surface area contributed by atoms with Crippen LogP contribution in [-0.4, -0.2) is 60.5 Å². The first kappa shape index (κ1) is 13.0. The van der Waals surface area contributed by atoms with Gasteiger partial charge in [-0.1, -0.05) is 0 Å². The molecule has 10 heavy (non-hydrogen) atoms. The van der Waals surface area contributed by atoms with Gasteiger partial charge in [0.05, 0.1) is 13.8 Å². The van der Waals surface area contributed by atoms with E-state index in [9.17, 15) is 9.18 Å². The van der Waals surface area contributed by atoms with Crippen LogP contribution in [0.3, 0.4) is 0 Å². The van der Waals surface area contributed by atoms with Crippen LogP contribution in [0.5, 0.6) is 0 Å². The van der Waals surface area contributed by atoms with Crippen molar-refractivity contribution in [2.45, 2.75) is 12.5 Å². The summed E-state index contributed by atoms with van der Waals surface area (Å²) in [7, 11) is 1.14. The van der Waals surface area contributed by atoms with E-state index in [1.807, 2.05) is 0 Å². The van der Waals surface area contributed by atoms with Crippen molar-refractivity contribution in [1.82, 2.24) is 0 Å². The van der Waals surface area contributed by atoms with E-state index < -0.39 is 18.7 Å². The van der Waals surface area contributed by atoms with Crippen LogP contribution in [0.25, 0.3) is 0 Å². The Labute approximate surface area is 80.8 Å². The third kappa shape index (κ3) is 5.17. The zero-order chi connectivity index (χ0) is 7.28. The maximum Gasteiger partial charge on any atom is 0.334 e. The minimum atomic E-state index is -1.31. The molecule has 0 saturated heterocycles. The van der Waals surface area contributed by atoms with Crippen LogP contribution in [0.4, 0.5) is 4.39 Å². The van der Waals surface area contributed by atoms with Crippen molar-refractivity contribution < 1.29 is 19.0 Å². The van der Waals surface area contributed by atoms with E-state index in [4.69, 9.17) is 5.11 Å². The van der Waals surface area contributed by atoms with Gasteiger partial charge in [-0.15, -0.1) is 0 Å². The van der Waals surface area contributed by atoms with Gasteiger partial charge in [0.2, 0.25) is 0 Å². The molecule has 0 aromatic rings. The number of aliphatic hydroxyl groups is 1. The molecule has 3 nitrogen and oxygen atoms in total. The molecule has 0 aliphatic heterocycles. The first-order chi connectivity index (χ1) is 4.22. The van der Waals surface area contributed by atoms with E-state index >= 15 is 0 Å². The average molecular weight is 159 g/mol. The molecule has 0 fully saturated rings. The molecule has 0 aromatic carbocycles. The van der Waals surface area contributed by atoms with Crippen LogP contribution >= 0.6 is 0 Å². The molecule has 55 valence electrons. The quantitative estimate of drug-likeness (QED) is 0.446. The fourth-order valence-electron chi connectivity index (χ4n) is 0.357. The molecule has 0 aliphatic rings. The summed E-state index contributed by atoms with van der Waals surface area (Å²) in [6.07, 6.45) is -1.49. The summed E-state index contributed by atoms with van der Waals surface area (Å²) in [6, 6.07) is 0. The Balaban J connectivity index is 0. The molecule has 0 amide bonds. The number of carbonyl (C=O) groups excluding carboxylic acids is 1. The number of aliphatic hydroxyl groups excluding tert-OH is 1. The fraction of sp³-hybridized carbons (Fsp3) is 0.800. The van der Waals surface area contributed by atoms with Gasteiger partial charge in [0.15, 0.2) is 6.10 Å². The SMILES string of the molecule is COC(=O)C(O)CCF.[Na]. The number of methoxy groups -OCH3 is 1. The summed E-state index contributed by atoms with van der Waals surface area (Å²) in [6.45, 7) is -0.712. The maximum atomic E-state index is 11.4. The Morgan fingerprint density at radius 2 is 2.30 bits per heavy atom.